The molecular formula is C21H21ClN6O3. The molecule has 0 fully saturated rings. The quantitative estimate of drug-likeness (QED) is 0.421. The highest BCUT2D eigenvalue weighted by molar-refractivity contribution is 6.31. The second-order valence-corrected chi connectivity index (χ2v) is 7.01. The third-order valence-corrected chi connectivity index (χ3v) is 4.91. The molecule has 3 heterocycles. The van der Waals surface area contributed by atoms with Crippen molar-refractivity contribution >= 4 is 28.8 Å². The Kier molecular flexibility index (Phi) is 6.15. The van der Waals surface area contributed by atoms with Gasteiger partial charge in [-0.15, -0.1) is 0 Å². The second kappa shape index (κ2) is 9.15. The molecule has 1 aromatic carbocycles. The molecule has 0 saturated heterocycles. The highest BCUT2D eigenvalue weighted by Gasteiger charge is 2.21. The van der Waals surface area contributed by atoms with Gasteiger partial charge in [-0.05, 0) is 31.2 Å². The minimum absolute atomic E-state index is 0.347. The van der Waals surface area contributed by atoms with Gasteiger partial charge in [-0.1, -0.05) is 11.6 Å². The van der Waals surface area contributed by atoms with Crippen LogP contribution < -0.4 is 10.1 Å². The monoisotopic (exact) mass is 440 g/mol. The van der Waals surface area contributed by atoms with E-state index in [2.05, 4.69) is 20.5 Å². The molecule has 0 radical (unpaired) electrons. The molecule has 4 rings (SSSR count). The van der Waals surface area contributed by atoms with Crippen LogP contribution in [0.5, 0.6) is 5.75 Å². The summed E-state index contributed by atoms with van der Waals surface area (Å²) in [7, 11) is 1.58. The van der Waals surface area contributed by atoms with Gasteiger partial charge in [0.05, 0.1) is 44.0 Å². The van der Waals surface area contributed by atoms with E-state index in [0.717, 1.165) is 0 Å². The summed E-state index contributed by atoms with van der Waals surface area (Å²) in [5, 5.41) is 12.1. The van der Waals surface area contributed by atoms with Crippen LogP contribution in [-0.2, 0) is 11.3 Å². The number of hydrogen-bond acceptors (Lipinski definition) is 6. The number of methoxy groups -OCH3 is 1. The number of halogens is 1. The van der Waals surface area contributed by atoms with E-state index >= 15 is 0 Å². The molecular weight excluding hydrogens is 420 g/mol. The number of amides is 1. The van der Waals surface area contributed by atoms with E-state index < -0.39 is 0 Å². The minimum atomic E-state index is -0.347. The topological polar surface area (TPSA) is 95.6 Å². The van der Waals surface area contributed by atoms with Crippen LogP contribution in [0.2, 0.25) is 5.02 Å². The summed E-state index contributed by atoms with van der Waals surface area (Å²) in [6.45, 7) is 3.49. The number of hydrogen-bond donors (Lipinski definition) is 1. The molecule has 0 bridgehead atoms. The predicted molar refractivity (Wildman–Crippen MR) is 117 cm³/mol. The Hall–Kier alpha value is -3.43. The van der Waals surface area contributed by atoms with Crippen LogP contribution in [0, 0.1) is 0 Å². The number of nitrogens with zero attached hydrogens (tertiary/aromatic N) is 5. The fraction of sp³-hybridized carbons (Fsp3) is 0.238. The Morgan fingerprint density at radius 2 is 2.13 bits per heavy atom. The average molecular weight is 441 g/mol. The number of benzene rings is 1. The molecule has 0 saturated carbocycles. The lowest BCUT2D eigenvalue weighted by Gasteiger charge is -2.14. The van der Waals surface area contributed by atoms with Crippen molar-refractivity contribution < 1.29 is 14.3 Å². The molecule has 0 aliphatic rings. The van der Waals surface area contributed by atoms with Crippen LogP contribution in [0.25, 0.3) is 16.9 Å². The zero-order chi connectivity index (χ0) is 21.8. The van der Waals surface area contributed by atoms with Gasteiger partial charge in [0.1, 0.15) is 11.3 Å². The Morgan fingerprint density at radius 1 is 1.26 bits per heavy atom. The number of anilines is 1. The summed E-state index contributed by atoms with van der Waals surface area (Å²) in [6, 6.07) is 7.04. The molecule has 3 aromatic heterocycles. The van der Waals surface area contributed by atoms with Crippen LogP contribution in [0.4, 0.5) is 5.69 Å². The number of ether oxygens (including phenoxy) is 2. The van der Waals surface area contributed by atoms with E-state index in [9.17, 15) is 4.79 Å². The summed E-state index contributed by atoms with van der Waals surface area (Å²) in [6.07, 6.45) is 6.42. The van der Waals surface area contributed by atoms with Gasteiger partial charge in [0.25, 0.3) is 5.91 Å². The molecule has 0 aliphatic heterocycles. The molecule has 9 nitrogen and oxygen atoms in total. The van der Waals surface area contributed by atoms with Crippen LogP contribution >= 0.6 is 11.6 Å². The third kappa shape index (κ3) is 4.23. The van der Waals surface area contributed by atoms with Crippen LogP contribution in [0.1, 0.15) is 17.3 Å². The molecule has 1 amide bonds. The van der Waals surface area contributed by atoms with Gasteiger partial charge in [0.2, 0.25) is 0 Å². The first-order valence-electron chi connectivity index (χ1n) is 9.69. The van der Waals surface area contributed by atoms with Gasteiger partial charge >= 0.3 is 0 Å². The Labute approximate surface area is 183 Å². The maximum atomic E-state index is 13.0. The van der Waals surface area contributed by atoms with E-state index in [1.165, 1.54) is 6.20 Å². The Bertz CT molecular complexity index is 1220. The Balaban J connectivity index is 1.74. The van der Waals surface area contributed by atoms with E-state index in [1.807, 2.05) is 6.92 Å². The van der Waals surface area contributed by atoms with Crippen molar-refractivity contribution in [2.24, 2.45) is 0 Å². The first kappa shape index (κ1) is 20.8. The van der Waals surface area contributed by atoms with Crippen LogP contribution in [-0.4, -0.2) is 50.6 Å². The molecule has 31 heavy (non-hydrogen) atoms. The zero-order valence-corrected chi connectivity index (χ0v) is 17.8. The maximum absolute atomic E-state index is 13.0. The lowest BCUT2D eigenvalue weighted by Crippen LogP contribution is -2.14. The summed E-state index contributed by atoms with van der Waals surface area (Å²) < 4.78 is 14.3. The number of rotatable bonds is 8. The number of fused-ring (bicyclic) bond motifs is 1. The van der Waals surface area contributed by atoms with Crippen molar-refractivity contribution in [1.82, 2.24) is 24.4 Å². The van der Waals surface area contributed by atoms with E-state index in [4.69, 9.17) is 21.1 Å². The minimum Gasteiger partial charge on any atom is -0.496 e. The van der Waals surface area contributed by atoms with Gasteiger partial charge in [0.15, 0.2) is 5.65 Å². The van der Waals surface area contributed by atoms with Crippen molar-refractivity contribution in [2.45, 2.75) is 13.5 Å². The molecule has 4 aromatic rings. The SMILES string of the molecule is CCOCCn1ncc(NC(=O)c2cnn3cccnc23)c1-c1cc(Cl)ccc1OC. The van der Waals surface area contributed by atoms with Gasteiger partial charge < -0.3 is 14.8 Å². The van der Waals surface area contributed by atoms with Gasteiger partial charge in [-0.25, -0.2) is 9.50 Å². The second-order valence-electron chi connectivity index (χ2n) is 6.57. The summed E-state index contributed by atoms with van der Waals surface area (Å²) >= 11 is 6.26. The van der Waals surface area contributed by atoms with Gasteiger partial charge in [-0.2, -0.15) is 10.2 Å². The lowest BCUT2D eigenvalue weighted by atomic mass is 10.1. The van der Waals surface area contributed by atoms with Crippen molar-refractivity contribution in [1.29, 1.82) is 0 Å². The van der Waals surface area contributed by atoms with Gasteiger partial charge in [-0.3, -0.25) is 9.48 Å². The molecule has 0 atom stereocenters. The molecule has 0 spiro atoms. The highest BCUT2D eigenvalue weighted by atomic mass is 35.5. The molecule has 160 valence electrons. The molecule has 10 heteroatoms. The first-order valence-corrected chi connectivity index (χ1v) is 10.1. The zero-order valence-electron chi connectivity index (χ0n) is 17.1. The lowest BCUT2D eigenvalue weighted by molar-refractivity contribution is 0.102. The molecule has 1 N–H and O–H groups in total. The normalized spacial score (nSPS) is 11.1. The van der Waals surface area contributed by atoms with Crippen molar-refractivity contribution in [3.05, 3.63) is 59.6 Å². The van der Waals surface area contributed by atoms with E-state index in [0.29, 0.717) is 58.7 Å². The van der Waals surface area contributed by atoms with E-state index in [-0.39, 0.29) is 5.91 Å². The number of carbonyl (C=O) groups excluding carboxylic acids is 1. The van der Waals surface area contributed by atoms with Crippen molar-refractivity contribution in [3.8, 4) is 17.0 Å². The summed E-state index contributed by atoms with van der Waals surface area (Å²) in [5.74, 6) is 0.260. The molecule has 0 aliphatic carbocycles. The number of carbonyl (C=O) groups is 1. The van der Waals surface area contributed by atoms with Gasteiger partial charge in [0, 0.05) is 29.6 Å². The van der Waals surface area contributed by atoms with Crippen LogP contribution in [0.15, 0.2) is 49.1 Å². The first-order chi connectivity index (χ1) is 15.1. The standard InChI is InChI=1S/C21H21ClN6O3/c1-3-31-10-9-27-19(15-11-14(22)5-6-18(15)30-2)17(13-25-27)26-21(29)16-12-24-28-8-4-7-23-20(16)28/h4-8,11-13H,3,9-10H2,1-2H3,(H,26,29). The Morgan fingerprint density at radius 3 is 2.94 bits per heavy atom. The largest absolute Gasteiger partial charge is 0.496 e. The summed E-state index contributed by atoms with van der Waals surface area (Å²) in [5.41, 5.74) is 2.70. The predicted octanol–water partition coefficient (Wildman–Crippen LogP) is 3.54. The van der Waals surface area contributed by atoms with Crippen molar-refractivity contribution in [3.63, 3.8) is 0 Å². The summed E-state index contributed by atoms with van der Waals surface area (Å²) in [4.78, 5) is 17.3. The average Bonchev–Trinajstić information content (AvgIpc) is 3.38. The highest BCUT2D eigenvalue weighted by Crippen LogP contribution is 2.37. The smallest absolute Gasteiger partial charge is 0.261 e. The fourth-order valence-electron chi connectivity index (χ4n) is 3.27. The maximum Gasteiger partial charge on any atom is 0.261 e. The fourth-order valence-corrected chi connectivity index (χ4v) is 3.44. The number of aromatic nitrogens is 5. The molecule has 0 unspecified atom stereocenters. The van der Waals surface area contributed by atoms with E-state index in [1.54, 1.807) is 59.2 Å². The van der Waals surface area contributed by atoms with Crippen molar-refractivity contribution in [2.75, 3.05) is 25.6 Å². The van der Waals surface area contributed by atoms with Crippen LogP contribution in [0.3, 0.4) is 0 Å². The third-order valence-electron chi connectivity index (χ3n) is 4.68. The number of nitrogens with one attached hydrogen (secondary N) is 1.